The lowest BCUT2D eigenvalue weighted by Crippen LogP contribution is -2.11. The first-order valence-electron chi connectivity index (χ1n) is 9.46. The summed E-state index contributed by atoms with van der Waals surface area (Å²) in [5.41, 5.74) is 0.596. The molecule has 0 amide bonds. The molecule has 0 atom stereocenters. The minimum absolute atomic E-state index is 0.124. The van der Waals surface area contributed by atoms with E-state index in [9.17, 15) is 17.6 Å². The number of rotatable bonds is 5. The number of hydrogen-bond donors (Lipinski definition) is 0. The zero-order valence-corrected chi connectivity index (χ0v) is 17.1. The lowest BCUT2D eigenvalue weighted by molar-refractivity contribution is -0.105. The van der Waals surface area contributed by atoms with Crippen LogP contribution >= 0.6 is 24.0 Å². The van der Waals surface area contributed by atoms with Crippen molar-refractivity contribution in [2.45, 2.75) is 68.5 Å². The van der Waals surface area contributed by atoms with Crippen LogP contribution in [-0.4, -0.2) is 26.3 Å². The van der Waals surface area contributed by atoms with Gasteiger partial charge in [-0.05, 0) is 62.5 Å². The first-order chi connectivity index (χ1) is 13.2. The van der Waals surface area contributed by atoms with E-state index in [0.29, 0.717) is 39.0 Å². The predicted octanol–water partition coefficient (Wildman–Crippen LogP) is 6.50. The number of aryl methyl sites for hydroxylation is 1. The Hall–Kier alpha value is -1.35. The fraction of sp³-hybridized carbons (Fsp3) is 0.579. The van der Waals surface area contributed by atoms with Crippen LogP contribution in [0.15, 0.2) is 17.0 Å². The number of aromatic nitrogens is 3. The lowest BCUT2D eigenvalue weighted by atomic mass is 10.1. The van der Waals surface area contributed by atoms with Gasteiger partial charge in [-0.3, -0.25) is 0 Å². The average Bonchev–Trinajstić information content (AvgIpc) is 3.17. The van der Waals surface area contributed by atoms with E-state index >= 15 is 0 Å². The average molecular weight is 432 g/mol. The summed E-state index contributed by atoms with van der Waals surface area (Å²) in [6.07, 6.45) is 2.15. The van der Waals surface area contributed by atoms with Crippen LogP contribution in [-0.2, 0) is 0 Å². The van der Waals surface area contributed by atoms with Gasteiger partial charge in [-0.1, -0.05) is 12.8 Å². The first-order valence-corrected chi connectivity index (χ1v) is 10.9. The van der Waals surface area contributed by atoms with E-state index in [1.54, 1.807) is 6.92 Å². The third-order valence-electron chi connectivity index (χ3n) is 5.33. The zero-order valence-electron chi connectivity index (χ0n) is 15.4. The number of halogens is 4. The van der Waals surface area contributed by atoms with Crippen LogP contribution < -0.4 is 0 Å². The summed E-state index contributed by atoms with van der Waals surface area (Å²) in [6.45, 7) is 1.61. The highest BCUT2D eigenvalue weighted by atomic mass is 32.2. The highest BCUT2D eigenvalue weighted by molar-refractivity contribution is 7.99. The molecule has 28 heavy (non-hydrogen) atoms. The fourth-order valence-corrected chi connectivity index (χ4v) is 4.99. The smallest absolute Gasteiger partial charge is 0.300 e. The zero-order chi connectivity index (χ0) is 20.1. The van der Waals surface area contributed by atoms with Gasteiger partial charge in [0.25, 0.3) is 0 Å². The minimum Gasteiger partial charge on any atom is -0.300 e. The second kappa shape index (κ2) is 7.48. The summed E-state index contributed by atoms with van der Waals surface area (Å²) in [6, 6.07) is 3.02. The first kappa shape index (κ1) is 19.9. The normalized spacial score (nSPS) is 18.2. The molecule has 2 saturated carbocycles. The molecule has 2 aliphatic rings. The Kier molecular flexibility index (Phi) is 5.33. The maximum atomic E-state index is 14.8. The number of benzene rings is 1. The van der Waals surface area contributed by atoms with Crippen LogP contribution in [0.5, 0.6) is 0 Å². The lowest BCUT2D eigenvalue weighted by Gasteiger charge is -2.11. The standard InChI is InChI=1S/C19H21F4N3S2/c1-11-8-14(20)15(9-16(11)28-10-19(21,22)23)26-18(27)25(13-6-7-13)17(24-26)12-4-2-3-5-12/h8-9,12-13H,2-7,10H2,1H3. The van der Waals surface area contributed by atoms with Gasteiger partial charge >= 0.3 is 6.18 Å². The summed E-state index contributed by atoms with van der Waals surface area (Å²) in [4.78, 5) is 0.388. The van der Waals surface area contributed by atoms with Crippen molar-refractivity contribution in [2.24, 2.45) is 0 Å². The van der Waals surface area contributed by atoms with E-state index in [1.165, 1.54) is 16.8 Å². The third-order valence-corrected chi connectivity index (χ3v) is 6.92. The van der Waals surface area contributed by atoms with Crippen LogP contribution in [0.25, 0.3) is 5.69 Å². The van der Waals surface area contributed by atoms with E-state index in [4.69, 9.17) is 12.2 Å². The van der Waals surface area contributed by atoms with Crippen LogP contribution in [0.1, 0.15) is 61.9 Å². The Bertz CT molecular complexity index is 938. The van der Waals surface area contributed by atoms with Crippen molar-refractivity contribution in [3.8, 4) is 5.69 Å². The molecule has 152 valence electrons. The highest BCUT2D eigenvalue weighted by Gasteiger charge is 2.33. The van der Waals surface area contributed by atoms with Gasteiger partial charge in [0.15, 0.2) is 0 Å². The van der Waals surface area contributed by atoms with E-state index in [-0.39, 0.29) is 5.69 Å². The molecular formula is C19H21F4N3S2. The van der Waals surface area contributed by atoms with Crippen LogP contribution in [0.3, 0.4) is 0 Å². The van der Waals surface area contributed by atoms with Crippen LogP contribution in [0, 0.1) is 17.5 Å². The Balaban J connectivity index is 1.76. The fourth-order valence-electron chi connectivity index (χ4n) is 3.81. The van der Waals surface area contributed by atoms with Crippen molar-refractivity contribution in [3.63, 3.8) is 0 Å². The summed E-state index contributed by atoms with van der Waals surface area (Å²) in [5, 5.41) is 4.67. The Labute approximate surface area is 170 Å². The summed E-state index contributed by atoms with van der Waals surface area (Å²) in [7, 11) is 0. The van der Waals surface area contributed by atoms with Gasteiger partial charge in [0.05, 0.1) is 5.75 Å². The number of alkyl halides is 3. The second-order valence-electron chi connectivity index (χ2n) is 7.61. The van der Waals surface area contributed by atoms with Crippen molar-refractivity contribution >= 4 is 24.0 Å². The van der Waals surface area contributed by atoms with E-state index < -0.39 is 17.7 Å². The summed E-state index contributed by atoms with van der Waals surface area (Å²) >= 11 is 6.27. The van der Waals surface area contributed by atoms with Gasteiger partial charge in [-0.15, -0.1) is 11.8 Å². The molecule has 0 N–H and O–H groups in total. The van der Waals surface area contributed by atoms with E-state index in [0.717, 1.165) is 44.3 Å². The maximum absolute atomic E-state index is 14.8. The number of nitrogens with zero attached hydrogens (tertiary/aromatic N) is 3. The molecular weight excluding hydrogens is 410 g/mol. The highest BCUT2D eigenvalue weighted by Crippen LogP contribution is 2.42. The van der Waals surface area contributed by atoms with Gasteiger partial charge in [-0.2, -0.15) is 18.3 Å². The largest absolute Gasteiger partial charge is 0.398 e. The Morgan fingerprint density at radius 2 is 1.86 bits per heavy atom. The number of hydrogen-bond acceptors (Lipinski definition) is 3. The molecule has 0 spiro atoms. The molecule has 0 radical (unpaired) electrons. The predicted molar refractivity (Wildman–Crippen MR) is 103 cm³/mol. The quantitative estimate of drug-likeness (QED) is 0.307. The third kappa shape index (κ3) is 4.01. The molecule has 0 aliphatic heterocycles. The molecule has 4 rings (SSSR count). The Morgan fingerprint density at radius 3 is 2.46 bits per heavy atom. The topological polar surface area (TPSA) is 22.8 Å². The monoisotopic (exact) mass is 431 g/mol. The van der Waals surface area contributed by atoms with Gasteiger partial charge in [0, 0.05) is 16.9 Å². The van der Waals surface area contributed by atoms with Crippen molar-refractivity contribution in [2.75, 3.05) is 5.75 Å². The van der Waals surface area contributed by atoms with E-state index in [1.807, 2.05) is 4.57 Å². The maximum Gasteiger partial charge on any atom is 0.398 e. The molecule has 1 aromatic carbocycles. The van der Waals surface area contributed by atoms with Crippen molar-refractivity contribution in [3.05, 3.63) is 34.1 Å². The minimum atomic E-state index is -4.29. The second-order valence-corrected chi connectivity index (χ2v) is 8.99. The van der Waals surface area contributed by atoms with Gasteiger partial charge in [-0.25, -0.2) is 9.07 Å². The van der Waals surface area contributed by atoms with Crippen molar-refractivity contribution < 1.29 is 17.6 Å². The molecule has 1 aromatic heterocycles. The Morgan fingerprint density at radius 1 is 1.18 bits per heavy atom. The molecule has 0 unspecified atom stereocenters. The van der Waals surface area contributed by atoms with Gasteiger partial charge < -0.3 is 4.57 Å². The molecule has 0 bridgehead atoms. The summed E-state index contributed by atoms with van der Waals surface area (Å²) in [5.74, 6) is -0.331. The molecule has 9 heteroatoms. The van der Waals surface area contributed by atoms with Gasteiger partial charge in [0.2, 0.25) is 4.77 Å². The molecule has 2 fully saturated rings. The molecule has 2 aliphatic carbocycles. The van der Waals surface area contributed by atoms with Gasteiger partial charge in [0.1, 0.15) is 17.3 Å². The summed E-state index contributed by atoms with van der Waals surface area (Å²) < 4.78 is 56.5. The molecule has 1 heterocycles. The van der Waals surface area contributed by atoms with Crippen molar-refractivity contribution in [1.82, 2.24) is 14.3 Å². The number of thioether (sulfide) groups is 1. The van der Waals surface area contributed by atoms with Crippen molar-refractivity contribution in [1.29, 1.82) is 0 Å². The molecule has 3 nitrogen and oxygen atoms in total. The van der Waals surface area contributed by atoms with E-state index in [2.05, 4.69) is 5.10 Å². The molecule has 2 aromatic rings. The SMILES string of the molecule is Cc1cc(F)c(-n2nc(C3CCCC3)n(C3CC3)c2=S)cc1SCC(F)(F)F. The van der Waals surface area contributed by atoms with Crippen LogP contribution in [0.4, 0.5) is 17.6 Å². The van der Waals surface area contributed by atoms with Crippen LogP contribution in [0.2, 0.25) is 0 Å². The molecule has 0 saturated heterocycles.